The summed E-state index contributed by atoms with van der Waals surface area (Å²) in [5, 5.41) is 3.16. The van der Waals surface area contributed by atoms with Crippen LogP contribution < -0.4 is 5.32 Å². The van der Waals surface area contributed by atoms with Gasteiger partial charge in [-0.1, -0.05) is 31.2 Å². The summed E-state index contributed by atoms with van der Waals surface area (Å²) in [7, 11) is 0. The van der Waals surface area contributed by atoms with Crippen molar-refractivity contribution in [3.63, 3.8) is 0 Å². The molecule has 1 aromatic rings. The normalized spacial score (nSPS) is 13.6. The number of halogens is 3. The SMILES string of the molecule is CCNCc1cccc(COC(C)C(F)(F)F)c1. The number of rotatable bonds is 6. The Hall–Kier alpha value is -1.07. The van der Waals surface area contributed by atoms with Crippen LogP contribution in [0.4, 0.5) is 13.2 Å². The summed E-state index contributed by atoms with van der Waals surface area (Å²) in [6.07, 6.45) is -6.05. The summed E-state index contributed by atoms with van der Waals surface area (Å²) in [5.74, 6) is 0. The lowest BCUT2D eigenvalue weighted by Gasteiger charge is -2.16. The van der Waals surface area contributed by atoms with Crippen molar-refractivity contribution < 1.29 is 17.9 Å². The Morgan fingerprint density at radius 3 is 2.56 bits per heavy atom. The number of alkyl halides is 3. The van der Waals surface area contributed by atoms with E-state index in [0.29, 0.717) is 6.54 Å². The number of ether oxygens (including phenoxy) is 1. The molecule has 0 amide bonds. The minimum absolute atomic E-state index is 0.0271. The molecule has 1 atom stereocenters. The molecule has 0 radical (unpaired) electrons. The van der Waals surface area contributed by atoms with Gasteiger partial charge < -0.3 is 10.1 Å². The van der Waals surface area contributed by atoms with E-state index in [1.54, 1.807) is 6.07 Å². The Balaban J connectivity index is 2.52. The van der Waals surface area contributed by atoms with Crippen molar-refractivity contribution in [2.24, 2.45) is 0 Å². The lowest BCUT2D eigenvalue weighted by atomic mass is 10.1. The van der Waals surface area contributed by atoms with Gasteiger partial charge in [0.25, 0.3) is 0 Å². The highest BCUT2D eigenvalue weighted by atomic mass is 19.4. The molecule has 1 aromatic carbocycles. The summed E-state index contributed by atoms with van der Waals surface area (Å²) in [5.41, 5.74) is 1.79. The van der Waals surface area contributed by atoms with Crippen LogP contribution in [0.1, 0.15) is 25.0 Å². The van der Waals surface area contributed by atoms with Crippen LogP contribution in [0.3, 0.4) is 0 Å². The van der Waals surface area contributed by atoms with Crippen molar-refractivity contribution in [1.82, 2.24) is 5.32 Å². The molecule has 0 fully saturated rings. The Labute approximate surface area is 105 Å². The van der Waals surface area contributed by atoms with Gasteiger partial charge in [0.1, 0.15) is 0 Å². The molecule has 2 nitrogen and oxygen atoms in total. The second-order valence-corrected chi connectivity index (χ2v) is 4.10. The van der Waals surface area contributed by atoms with Gasteiger partial charge in [0.15, 0.2) is 6.10 Å². The topological polar surface area (TPSA) is 21.3 Å². The fourth-order valence-electron chi connectivity index (χ4n) is 1.41. The standard InChI is InChI=1S/C13H18F3NO/c1-3-17-8-11-5-4-6-12(7-11)9-18-10(2)13(14,15)16/h4-7,10,17H,3,8-9H2,1-2H3. The lowest BCUT2D eigenvalue weighted by Crippen LogP contribution is -2.28. The molecule has 0 spiro atoms. The first-order valence-electron chi connectivity index (χ1n) is 5.90. The molecular formula is C13H18F3NO. The maximum absolute atomic E-state index is 12.3. The molecule has 1 unspecified atom stereocenters. The van der Waals surface area contributed by atoms with Crippen molar-refractivity contribution in [3.05, 3.63) is 35.4 Å². The highest BCUT2D eigenvalue weighted by Gasteiger charge is 2.36. The van der Waals surface area contributed by atoms with Gasteiger partial charge in [-0.05, 0) is 24.6 Å². The zero-order valence-corrected chi connectivity index (χ0v) is 10.6. The largest absolute Gasteiger partial charge is 0.414 e. The molecule has 5 heteroatoms. The van der Waals surface area contributed by atoms with Crippen LogP contribution in [0.5, 0.6) is 0 Å². The number of nitrogens with one attached hydrogen (secondary N) is 1. The maximum Gasteiger partial charge on any atom is 0.414 e. The van der Waals surface area contributed by atoms with Crippen molar-refractivity contribution in [1.29, 1.82) is 0 Å². The average Bonchev–Trinajstić information content (AvgIpc) is 2.32. The summed E-state index contributed by atoms with van der Waals surface area (Å²) >= 11 is 0. The van der Waals surface area contributed by atoms with Crippen LogP contribution in [0.25, 0.3) is 0 Å². The summed E-state index contributed by atoms with van der Waals surface area (Å²) in [4.78, 5) is 0. The van der Waals surface area contributed by atoms with E-state index in [1.807, 2.05) is 25.1 Å². The van der Waals surface area contributed by atoms with Crippen molar-refractivity contribution >= 4 is 0 Å². The van der Waals surface area contributed by atoms with E-state index in [4.69, 9.17) is 4.74 Å². The Bertz CT molecular complexity index is 365. The fraction of sp³-hybridized carbons (Fsp3) is 0.538. The third-order valence-corrected chi connectivity index (χ3v) is 2.53. The monoisotopic (exact) mass is 261 g/mol. The highest BCUT2D eigenvalue weighted by Crippen LogP contribution is 2.23. The zero-order chi connectivity index (χ0) is 13.6. The van der Waals surface area contributed by atoms with Crippen molar-refractivity contribution in [2.45, 2.75) is 39.3 Å². The van der Waals surface area contributed by atoms with Gasteiger partial charge >= 0.3 is 6.18 Å². The van der Waals surface area contributed by atoms with E-state index in [1.165, 1.54) is 0 Å². The van der Waals surface area contributed by atoms with E-state index in [9.17, 15) is 13.2 Å². The Morgan fingerprint density at radius 2 is 1.94 bits per heavy atom. The smallest absolute Gasteiger partial charge is 0.364 e. The second kappa shape index (κ2) is 6.75. The molecule has 0 aliphatic rings. The molecule has 0 saturated carbocycles. The molecule has 1 N–H and O–H groups in total. The summed E-state index contributed by atoms with van der Waals surface area (Å²) in [6.45, 7) is 4.55. The predicted molar refractivity (Wildman–Crippen MR) is 64.1 cm³/mol. The average molecular weight is 261 g/mol. The van der Waals surface area contributed by atoms with Gasteiger partial charge in [-0.25, -0.2) is 0 Å². The quantitative estimate of drug-likeness (QED) is 0.848. The van der Waals surface area contributed by atoms with Crippen LogP contribution in [0.2, 0.25) is 0 Å². The lowest BCUT2D eigenvalue weighted by molar-refractivity contribution is -0.217. The number of benzene rings is 1. The van der Waals surface area contributed by atoms with Gasteiger partial charge in [-0.2, -0.15) is 13.2 Å². The predicted octanol–water partition coefficient (Wildman–Crippen LogP) is 3.26. The molecular weight excluding hydrogens is 243 g/mol. The molecule has 0 saturated heterocycles. The first-order chi connectivity index (χ1) is 8.43. The number of hydrogen-bond donors (Lipinski definition) is 1. The summed E-state index contributed by atoms with van der Waals surface area (Å²) < 4.78 is 41.6. The Morgan fingerprint density at radius 1 is 1.28 bits per heavy atom. The second-order valence-electron chi connectivity index (χ2n) is 4.10. The van der Waals surface area contributed by atoms with Gasteiger partial charge in [0, 0.05) is 6.54 Å². The first-order valence-corrected chi connectivity index (χ1v) is 5.90. The minimum Gasteiger partial charge on any atom is -0.364 e. The molecule has 0 heterocycles. The van der Waals surface area contributed by atoms with E-state index in [0.717, 1.165) is 24.6 Å². The molecule has 18 heavy (non-hydrogen) atoms. The molecule has 0 bridgehead atoms. The molecule has 102 valence electrons. The molecule has 0 aromatic heterocycles. The van der Waals surface area contributed by atoms with Crippen LogP contribution in [-0.4, -0.2) is 18.8 Å². The van der Waals surface area contributed by atoms with Gasteiger partial charge in [0.05, 0.1) is 6.61 Å². The molecule has 0 aliphatic carbocycles. The van der Waals surface area contributed by atoms with E-state index >= 15 is 0 Å². The third-order valence-electron chi connectivity index (χ3n) is 2.53. The summed E-state index contributed by atoms with van der Waals surface area (Å²) in [6, 6.07) is 7.37. The third kappa shape index (κ3) is 5.06. The van der Waals surface area contributed by atoms with Crippen LogP contribution >= 0.6 is 0 Å². The van der Waals surface area contributed by atoms with Crippen molar-refractivity contribution in [3.8, 4) is 0 Å². The first kappa shape index (κ1) is 15.0. The maximum atomic E-state index is 12.3. The van der Waals surface area contributed by atoms with E-state index < -0.39 is 12.3 Å². The zero-order valence-electron chi connectivity index (χ0n) is 10.6. The van der Waals surface area contributed by atoms with Gasteiger partial charge in [-0.3, -0.25) is 0 Å². The van der Waals surface area contributed by atoms with Crippen LogP contribution in [-0.2, 0) is 17.9 Å². The fourth-order valence-corrected chi connectivity index (χ4v) is 1.41. The number of hydrogen-bond acceptors (Lipinski definition) is 2. The van der Waals surface area contributed by atoms with Crippen LogP contribution in [0, 0.1) is 0 Å². The molecule has 1 rings (SSSR count). The van der Waals surface area contributed by atoms with E-state index in [-0.39, 0.29) is 6.61 Å². The Kier molecular flexibility index (Phi) is 5.62. The highest BCUT2D eigenvalue weighted by molar-refractivity contribution is 5.22. The van der Waals surface area contributed by atoms with Gasteiger partial charge in [0.2, 0.25) is 0 Å². The minimum atomic E-state index is -4.30. The molecule has 0 aliphatic heterocycles. The van der Waals surface area contributed by atoms with Crippen molar-refractivity contribution in [2.75, 3.05) is 6.54 Å². The van der Waals surface area contributed by atoms with E-state index in [2.05, 4.69) is 5.32 Å². The van der Waals surface area contributed by atoms with Crippen LogP contribution in [0.15, 0.2) is 24.3 Å². The van der Waals surface area contributed by atoms with Gasteiger partial charge in [-0.15, -0.1) is 0 Å².